The van der Waals surface area contributed by atoms with E-state index in [4.69, 9.17) is 20.4 Å². The van der Waals surface area contributed by atoms with Crippen LogP contribution in [0.5, 0.6) is 0 Å². The second-order valence-electron chi connectivity index (χ2n) is 5.28. The highest BCUT2D eigenvalue weighted by atomic mass is 35.5. The van der Waals surface area contributed by atoms with E-state index >= 15 is 0 Å². The van der Waals surface area contributed by atoms with Gasteiger partial charge in [-0.15, -0.1) is 0 Å². The molecule has 0 saturated carbocycles. The van der Waals surface area contributed by atoms with Crippen LogP contribution in [0.3, 0.4) is 0 Å². The van der Waals surface area contributed by atoms with Crippen LogP contribution in [0.1, 0.15) is 34.8 Å². The van der Waals surface area contributed by atoms with Crippen molar-refractivity contribution < 1.29 is 13.6 Å². The Hall–Kier alpha value is -2.20. The number of amides is 1. The minimum Gasteiger partial charge on any atom is -0.467 e. The highest BCUT2D eigenvalue weighted by Crippen LogP contribution is 2.32. The van der Waals surface area contributed by atoms with Gasteiger partial charge in [0.1, 0.15) is 5.76 Å². The lowest BCUT2D eigenvalue weighted by atomic mass is 10.1. The lowest BCUT2D eigenvalue weighted by molar-refractivity contribution is 0.0695. The standard InChI is InChI=1S/C17H16ClNO3/c1-10-12-6-4-7-13(18)16(12)22-15(10)17(20)19(3)11(2)14-8-5-9-21-14/h4-9,11H,1-3H3. The van der Waals surface area contributed by atoms with E-state index in [9.17, 15) is 4.79 Å². The largest absolute Gasteiger partial charge is 0.467 e. The Morgan fingerprint density at radius 3 is 2.68 bits per heavy atom. The van der Waals surface area contributed by atoms with Crippen molar-refractivity contribution in [2.75, 3.05) is 7.05 Å². The zero-order valence-electron chi connectivity index (χ0n) is 12.6. The Morgan fingerprint density at radius 1 is 1.27 bits per heavy atom. The number of benzene rings is 1. The van der Waals surface area contributed by atoms with Crippen molar-refractivity contribution in [3.05, 3.63) is 58.7 Å². The normalized spacial score (nSPS) is 12.5. The quantitative estimate of drug-likeness (QED) is 0.695. The first-order chi connectivity index (χ1) is 10.5. The number of hydrogen-bond donors (Lipinski definition) is 0. The van der Waals surface area contributed by atoms with Crippen LogP contribution in [0.15, 0.2) is 45.4 Å². The smallest absolute Gasteiger partial charge is 0.290 e. The van der Waals surface area contributed by atoms with Crippen LogP contribution >= 0.6 is 11.6 Å². The Labute approximate surface area is 133 Å². The van der Waals surface area contributed by atoms with E-state index < -0.39 is 0 Å². The summed E-state index contributed by atoms with van der Waals surface area (Å²) in [7, 11) is 1.73. The Bertz CT molecular complexity index is 820. The number of carbonyl (C=O) groups excluding carboxylic acids is 1. The molecule has 114 valence electrons. The molecule has 0 aliphatic heterocycles. The summed E-state index contributed by atoms with van der Waals surface area (Å²) in [4.78, 5) is 14.3. The van der Waals surface area contributed by atoms with Crippen molar-refractivity contribution in [3.8, 4) is 0 Å². The Balaban J connectivity index is 1.98. The van der Waals surface area contributed by atoms with Crippen molar-refractivity contribution in [2.24, 2.45) is 0 Å². The molecule has 0 N–H and O–H groups in total. The van der Waals surface area contributed by atoms with E-state index in [1.165, 1.54) is 0 Å². The van der Waals surface area contributed by atoms with Gasteiger partial charge in [-0.3, -0.25) is 4.79 Å². The molecular weight excluding hydrogens is 302 g/mol. The number of fused-ring (bicyclic) bond motifs is 1. The van der Waals surface area contributed by atoms with E-state index in [0.29, 0.717) is 16.4 Å². The van der Waals surface area contributed by atoms with Gasteiger partial charge in [-0.05, 0) is 32.0 Å². The van der Waals surface area contributed by atoms with Crippen LogP contribution in [-0.4, -0.2) is 17.9 Å². The van der Waals surface area contributed by atoms with E-state index in [2.05, 4.69) is 0 Å². The third-order valence-electron chi connectivity index (χ3n) is 3.97. The molecule has 0 aliphatic rings. The number of hydrogen-bond acceptors (Lipinski definition) is 3. The molecule has 1 aromatic carbocycles. The third-order valence-corrected chi connectivity index (χ3v) is 4.26. The molecule has 0 aliphatic carbocycles. The van der Waals surface area contributed by atoms with Crippen molar-refractivity contribution in [2.45, 2.75) is 19.9 Å². The number of rotatable bonds is 3. The van der Waals surface area contributed by atoms with Gasteiger partial charge in [0.15, 0.2) is 11.3 Å². The highest BCUT2D eigenvalue weighted by molar-refractivity contribution is 6.35. The zero-order chi connectivity index (χ0) is 15.9. The van der Waals surface area contributed by atoms with Crippen LogP contribution in [0.25, 0.3) is 11.0 Å². The summed E-state index contributed by atoms with van der Waals surface area (Å²) >= 11 is 6.14. The maximum Gasteiger partial charge on any atom is 0.290 e. The number of para-hydroxylation sites is 1. The minimum absolute atomic E-state index is 0.189. The maximum absolute atomic E-state index is 12.7. The van der Waals surface area contributed by atoms with Gasteiger partial charge < -0.3 is 13.7 Å². The summed E-state index contributed by atoms with van der Waals surface area (Å²) in [5.41, 5.74) is 1.34. The number of nitrogens with zero attached hydrogens (tertiary/aromatic N) is 1. The fourth-order valence-electron chi connectivity index (χ4n) is 2.47. The number of carbonyl (C=O) groups is 1. The van der Waals surface area contributed by atoms with Crippen LogP contribution in [0, 0.1) is 6.92 Å². The summed E-state index contributed by atoms with van der Waals surface area (Å²) < 4.78 is 11.1. The van der Waals surface area contributed by atoms with E-state index in [0.717, 1.165) is 16.7 Å². The van der Waals surface area contributed by atoms with Crippen molar-refractivity contribution in [1.82, 2.24) is 4.90 Å². The highest BCUT2D eigenvalue weighted by Gasteiger charge is 2.26. The van der Waals surface area contributed by atoms with Crippen LogP contribution in [0.2, 0.25) is 5.02 Å². The molecule has 3 aromatic rings. The van der Waals surface area contributed by atoms with E-state index in [1.807, 2.05) is 32.0 Å². The van der Waals surface area contributed by atoms with Crippen molar-refractivity contribution >= 4 is 28.5 Å². The van der Waals surface area contributed by atoms with Gasteiger partial charge in [0.05, 0.1) is 17.3 Å². The number of halogens is 1. The van der Waals surface area contributed by atoms with Crippen molar-refractivity contribution in [3.63, 3.8) is 0 Å². The molecule has 0 bridgehead atoms. The Kier molecular flexibility index (Phi) is 3.71. The van der Waals surface area contributed by atoms with Gasteiger partial charge in [0, 0.05) is 18.0 Å². The molecule has 5 heteroatoms. The fraction of sp³-hybridized carbons (Fsp3) is 0.235. The molecule has 3 rings (SSSR count). The second kappa shape index (κ2) is 5.54. The van der Waals surface area contributed by atoms with E-state index in [1.54, 1.807) is 30.3 Å². The summed E-state index contributed by atoms with van der Waals surface area (Å²) in [6.45, 7) is 3.77. The molecule has 2 heterocycles. The van der Waals surface area contributed by atoms with Gasteiger partial charge in [-0.2, -0.15) is 0 Å². The molecule has 22 heavy (non-hydrogen) atoms. The lowest BCUT2D eigenvalue weighted by Crippen LogP contribution is -2.29. The second-order valence-corrected chi connectivity index (χ2v) is 5.69. The van der Waals surface area contributed by atoms with Crippen LogP contribution in [0.4, 0.5) is 0 Å². The topological polar surface area (TPSA) is 46.6 Å². The van der Waals surface area contributed by atoms with Gasteiger partial charge >= 0.3 is 0 Å². The summed E-state index contributed by atoms with van der Waals surface area (Å²) in [5.74, 6) is 0.834. The summed E-state index contributed by atoms with van der Waals surface area (Å²) in [6.07, 6.45) is 1.59. The van der Waals surface area contributed by atoms with E-state index in [-0.39, 0.29) is 11.9 Å². The van der Waals surface area contributed by atoms with Crippen LogP contribution < -0.4 is 0 Å². The molecular formula is C17H16ClNO3. The molecule has 0 radical (unpaired) electrons. The Morgan fingerprint density at radius 2 is 2.05 bits per heavy atom. The molecule has 0 saturated heterocycles. The average Bonchev–Trinajstić information content (AvgIpc) is 3.15. The monoisotopic (exact) mass is 317 g/mol. The molecule has 4 nitrogen and oxygen atoms in total. The number of aryl methyl sites for hydroxylation is 1. The zero-order valence-corrected chi connectivity index (χ0v) is 13.3. The first-order valence-electron chi connectivity index (χ1n) is 6.99. The van der Waals surface area contributed by atoms with Crippen LogP contribution in [-0.2, 0) is 0 Å². The SMILES string of the molecule is Cc1c(C(=O)N(C)C(C)c2ccco2)oc2c(Cl)cccc12. The molecule has 1 amide bonds. The molecule has 0 fully saturated rings. The lowest BCUT2D eigenvalue weighted by Gasteiger charge is -2.22. The third kappa shape index (κ3) is 2.29. The van der Waals surface area contributed by atoms with Crippen molar-refractivity contribution in [1.29, 1.82) is 0 Å². The molecule has 0 spiro atoms. The summed E-state index contributed by atoms with van der Waals surface area (Å²) in [5, 5.41) is 1.36. The first-order valence-corrected chi connectivity index (χ1v) is 7.36. The molecule has 1 unspecified atom stereocenters. The predicted octanol–water partition coefficient (Wildman–Crippen LogP) is 4.82. The first kappa shape index (κ1) is 14.7. The fourth-order valence-corrected chi connectivity index (χ4v) is 2.68. The van der Waals surface area contributed by atoms with Gasteiger partial charge in [0.2, 0.25) is 0 Å². The number of furan rings is 2. The van der Waals surface area contributed by atoms with Gasteiger partial charge in [0.25, 0.3) is 5.91 Å². The maximum atomic E-state index is 12.7. The van der Waals surface area contributed by atoms with Gasteiger partial charge in [-0.1, -0.05) is 23.7 Å². The summed E-state index contributed by atoms with van der Waals surface area (Å²) in [6, 6.07) is 8.94. The average molecular weight is 318 g/mol. The molecule has 2 aromatic heterocycles. The predicted molar refractivity (Wildman–Crippen MR) is 85.2 cm³/mol. The van der Waals surface area contributed by atoms with Gasteiger partial charge in [-0.25, -0.2) is 0 Å². The molecule has 1 atom stereocenters. The minimum atomic E-state index is -0.200.